The van der Waals surface area contributed by atoms with Gasteiger partial charge in [-0.3, -0.25) is 9.78 Å². The summed E-state index contributed by atoms with van der Waals surface area (Å²) >= 11 is 0. The molecule has 1 aromatic heterocycles. The summed E-state index contributed by atoms with van der Waals surface area (Å²) in [6.45, 7) is 0.385. The molecule has 0 aliphatic rings. The molecule has 0 fully saturated rings. The monoisotopic (exact) mass is 373 g/mol. The van der Waals surface area contributed by atoms with E-state index in [0.29, 0.717) is 23.5 Å². The van der Waals surface area contributed by atoms with Gasteiger partial charge in [-0.25, -0.2) is 4.79 Å². The van der Waals surface area contributed by atoms with Crippen LogP contribution in [0.15, 0.2) is 79.1 Å². The van der Waals surface area contributed by atoms with E-state index in [1.54, 1.807) is 42.7 Å². The van der Waals surface area contributed by atoms with Gasteiger partial charge in [-0.15, -0.1) is 0 Å². The van der Waals surface area contributed by atoms with Gasteiger partial charge in [0.1, 0.15) is 12.4 Å². The lowest BCUT2D eigenvalue weighted by Gasteiger charge is -2.07. The predicted molar refractivity (Wildman–Crippen MR) is 106 cm³/mol. The van der Waals surface area contributed by atoms with E-state index in [4.69, 9.17) is 4.74 Å². The number of hydrogen-bond donors (Lipinski definition) is 0. The summed E-state index contributed by atoms with van der Waals surface area (Å²) in [7, 11) is 1.35. The molecule has 2 aromatic carbocycles. The summed E-state index contributed by atoms with van der Waals surface area (Å²) in [6.07, 6.45) is 6.45. The van der Waals surface area contributed by atoms with Crippen LogP contribution in [0.4, 0.5) is 0 Å². The number of methoxy groups -OCH3 is 1. The Labute approximate surface area is 163 Å². The van der Waals surface area contributed by atoms with Gasteiger partial charge in [0.25, 0.3) is 0 Å². The van der Waals surface area contributed by atoms with Crippen LogP contribution in [0.5, 0.6) is 5.75 Å². The van der Waals surface area contributed by atoms with Gasteiger partial charge in [0, 0.05) is 18.0 Å². The molecule has 0 amide bonds. The van der Waals surface area contributed by atoms with Gasteiger partial charge < -0.3 is 9.47 Å². The number of allylic oxidation sites excluding steroid dienone is 1. The van der Waals surface area contributed by atoms with E-state index >= 15 is 0 Å². The summed E-state index contributed by atoms with van der Waals surface area (Å²) in [5, 5.41) is 0. The van der Waals surface area contributed by atoms with E-state index in [1.165, 1.54) is 13.2 Å². The van der Waals surface area contributed by atoms with Crippen molar-refractivity contribution in [3.8, 4) is 5.75 Å². The average molecular weight is 373 g/mol. The first-order valence-corrected chi connectivity index (χ1v) is 8.68. The van der Waals surface area contributed by atoms with E-state index in [9.17, 15) is 9.59 Å². The zero-order valence-corrected chi connectivity index (χ0v) is 15.4. The Hall–Kier alpha value is -3.73. The number of pyridine rings is 1. The summed E-state index contributed by atoms with van der Waals surface area (Å²) < 4.78 is 10.4. The highest BCUT2D eigenvalue weighted by atomic mass is 16.5. The number of ether oxygens (including phenoxy) is 2. The fourth-order valence-corrected chi connectivity index (χ4v) is 2.47. The third-order valence-electron chi connectivity index (χ3n) is 4.03. The lowest BCUT2D eigenvalue weighted by molar-refractivity contribution is 0.0600. The normalized spacial score (nSPS) is 10.6. The molecule has 0 spiro atoms. The molecule has 0 unspecified atom stereocenters. The second-order valence-electron chi connectivity index (χ2n) is 5.99. The molecule has 0 radical (unpaired) electrons. The van der Waals surface area contributed by atoms with Gasteiger partial charge in [0.15, 0.2) is 5.78 Å². The van der Waals surface area contributed by atoms with Gasteiger partial charge in [0.05, 0.1) is 12.7 Å². The van der Waals surface area contributed by atoms with Gasteiger partial charge in [-0.05, 0) is 53.6 Å². The number of esters is 1. The first kappa shape index (κ1) is 19.0. The summed E-state index contributed by atoms with van der Waals surface area (Å²) in [5.74, 6) is 0.259. The van der Waals surface area contributed by atoms with Crippen LogP contribution in [0, 0.1) is 0 Å². The lowest BCUT2D eigenvalue weighted by Crippen LogP contribution is -2.01. The molecule has 0 saturated heterocycles. The van der Waals surface area contributed by atoms with E-state index in [0.717, 1.165) is 11.1 Å². The zero-order valence-electron chi connectivity index (χ0n) is 15.4. The standard InChI is InChI=1S/C23H19NO4/c1-27-23(26)19-9-4-18(5-10-19)16-28-21-11-6-17(7-12-21)8-13-22(25)20-3-2-14-24-15-20/h2-15H,16H2,1H3/b13-8+. The molecule has 0 N–H and O–H groups in total. The van der Waals surface area contributed by atoms with Crippen molar-refractivity contribution >= 4 is 17.8 Å². The molecule has 0 aliphatic heterocycles. The van der Waals surface area contributed by atoms with Crippen LogP contribution in [0.1, 0.15) is 31.8 Å². The number of carbonyl (C=O) groups is 2. The molecule has 0 bridgehead atoms. The Bertz CT molecular complexity index is 962. The number of benzene rings is 2. The van der Waals surface area contributed by atoms with Gasteiger partial charge in [-0.1, -0.05) is 30.3 Å². The highest BCUT2D eigenvalue weighted by molar-refractivity contribution is 6.06. The third kappa shape index (κ3) is 5.14. The highest BCUT2D eigenvalue weighted by Crippen LogP contribution is 2.16. The maximum atomic E-state index is 12.0. The van der Waals surface area contributed by atoms with Crippen LogP contribution in [0.25, 0.3) is 6.08 Å². The van der Waals surface area contributed by atoms with Crippen LogP contribution in [-0.4, -0.2) is 23.8 Å². The number of aromatic nitrogens is 1. The zero-order chi connectivity index (χ0) is 19.8. The molecule has 3 rings (SSSR count). The number of rotatable bonds is 7. The maximum Gasteiger partial charge on any atom is 0.337 e. The molecule has 0 saturated carbocycles. The summed E-state index contributed by atoms with van der Waals surface area (Å²) in [6, 6.07) is 18.0. The Kier molecular flexibility index (Phi) is 6.31. The number of hydrogen-bond acceptors (Lipinski definition) is 5. The van der Waals surface area contributed by atoms with Crippen molar-refractivity contribution in [2.45, 2.75) is 6.61 Å². The molecule has 140 valence electrons. The second-order valence-corrected chi connectivity index (χ2v) is 5.99. The van der Waals surface area contributed by atoms with Crippen LogP contribution in [0.3, 0.4) is 0 Å². The molecule has 1 heterocycles. The molecule has 5 nitrogen and oxygen atoms in total. The topological polar surface area (TPSA) is 65.5 Å². The van der Waals surface area contributed by atoms with E-state index in [2.05, 4.69) is 9.72 Å². The van der Waals surface area contributed by atoms with Crippen LogP contribution in [0.2, 0.25) is 0 Å². The van der Waals surface area contributed by atoms with Crippen molar-refractivity contribution in [2.24, 2.45) is 0 Å². The van der Waals surface area contributed by atoms with Crippen molar-refractivity contribution in [3.63, 3.8) is 0 Å². The quantitative estimate of drug-likeness (QED) is 0.350. The van der Waals surface area contributed by atoms with Crippen LogP contribution >= 0.6 is 0 Å². The number of nitrogens with zero attached hydrogens (tertiary/aromatic N) is 1. The van der Waals surface area contributed by atoms with E-state index in [1.807, 2.05) is 36.4 Å². The highest BCUT2D eigenvalue weighted by Gasteiger charge is 2.05. The average Bonchev–Trinajstić information content (AvgIpc) is 2.77. The van der Waals surface area contributed by atoms with Crippen molar-refractivity contribution in [2.75, 3.05) is 7.11 Å². The number of carbonyl (C=O) groups excluding carboxylic acids is 2. The van der Waals surface area contributed by atoms with Gasteiger partial charge in [-0.2, -0.15) is 0 Å². The molecule has 0 atom stereocenters. The fraction of sp³-hybridized carbons (Fsp3) is 0.0870. The van der Waals surface area contributed by atoms with Crippen molar-refractivity contribution in [1.82, 2.24) is 4.98 Å². The predicted octanol–water partition coefficient (Wildman–Crippen LogP) is 4.34. The van der Waals surface area contributed by atoms with Crippen molar-refractivity contribution in [3.05, 3.63) is 101 Å². The smallest absolute Gasteiger partial charge is 0.337 e. The summed E-state index contributed by atoms with van der Waals surface area (Å²) in [5.41, 5.74) is 2.89. The SMILES string of the molecule is COC(=O)c1ccc(COc2ccc(/C=C/C(=O)c3cccnc3)cc2)cc1. The minimum Gasteiger partial charge on any atom is -0.489 e. The second kappa shape index (κ2) is 9.28. The van der Waals surface area contributed by atoms with Crippen molar-refractivity contribution < 1.29 is 19.1 Å². The van der Waals surface area contributed by atoms with Crippen molar-refractivity contribution in [1.29, 1.82) is 0 Å². The molecular weight excluding hydrogens is 354 g/mol. The van der Waals surface area contributed by atoms with Crippen LogP contribution in [-0.2, 0) is 11.3 Å². The first-order valence-electron chi connectivity index (χ1n) is 8.68. The Morgan fingerprint density at radius 1 is 0.964 bits per heavy atom. The maximum absolute atomic E-state index is 12.0. The Morgan fingerprint density at radius 3 is 2.36 bits per heavy atom. The van der Waals surface area contributed by atoms with Gasteiger partial charge >= 0.3 is 5.97 Å². The summed E-state index contributed by atoms with van der Waals surface area (Å²) in [4.78, 5) is 27.4. The molecule has 5 heteroatoms. The minimum atomic E-state index is -0.363. The third-order valence-corrected chi connectivity index (χ3v) is 4.03. The largest absolute Gasteiger partial charge is 0.489 e. The lowest BCUT2D eigenvalue weighted by atomic mass is 10.1. The Morgan fingerprint density at radius 2 is 1.71 bits per heavy atom. The van der Waals surface area contributed by atoms with E-state index in [-0.39, 0.29) is 11.8 Å². The molecule has 28 heavy (non-hydrogen) atoms. The van der Waals surface area contributed by atoms with Gasteiger partial charge in [0.2, 0.25) is 0 Å². The Balaban J connectivity index is 1.55. The molecule has 0 aliphatic carbocycles. The van der Waals surface area contributed by atoms with Crippen LogP contribution < -0.4 is 4.74 Å². The van der Waals surface area contributed by atoms with E-state index < -0.39 is 0 Å². The fourth-order valence-electron chi connectivity index (χ4n) is 2.47. The first-order chi connectivity index (χ1) is 13.7. The number of ketones is 1. The molecule has 3 aromatic rings. The minimum absolute atomic E-state index is 0.0937. The molecular formula is C23H19NO4.